The number of aromatic nitrogens is 2. The maximum Gasteiger partial charge on any atom is 0.313 e. The second-order valence-corrected chi connectivity index (χ2v) is 6.30. The number of likely N-dealkylation sites (tertiary alicyclic amines) is 1. The molecule has 0 unspecified atom stereocenters. The van der Waals surface area contributed by atoms with Gasteiger partial charge < -0.3 is 14.6 Å². The molecule has 0 amide bonds. The summed E-state index contributed by atoms with van der Waals surface area (Å²) in [6.07, 6.45) is 4.27. The van der Waals surface area contributed by atoms with Gasteiger partial charge in [-0.2, -0.15) is 0 Å². The van der Waals surface area contributed by atoms with Crippen LogP contribution in [0.15, 0.2) is 11.4 Å². The normalized spacial score (nSPS) is 17.5. The van der Waals surface area contributed by atoms with E-state index in [0.717, 1.165) is 23.9 Å². The number of nitrogens with zero attached hydrogens (tertiary/aromatic N) is 3. The van der Waals surface area contributed by atoms with Crippen LogP contribution in [0.25, 0.3) is 0 Å². The summed E-state index contributed by atoms with van der Waals surface area (Å²) in [4.78, 5) is 17.5. The number of thioether (sulfide) groups is 1. The second-order valence-electron chi connectivity index (χ2n) is 5.35. The van der Waals surface area contributed by atoms with Gasteiger partial charge in [0, 0.05) is 18.4 Å². The molecule has 1 aliphatic rings. The zero-order valence-electron chi connectivity index (χ0n) is 12.2. The predicted octanol–water partition coefficient (Wildman–Crippen LogP) is 2.10. The zero-order chi connectivity index (χ0) is 14.5. The molecule has 1 aromatic heterocycles. The van der Waals surface area contributed by atoms with Crippen LogP contribution in [-0.2, 0) is 11.3 Å². The van der Waals surface area contributed by atoms with Crippen molar-refractivity contribution in [3.05, 3.63) is 11.9 Å². The third-order valence-electron chi connectivity index (χ3n) is 3.94. The molecule has 0 aromatic carbocycles. The van der Waals surface area contributed by atoms with E-state index in [0.29, 0.717) is 5.92 Å². The standard InChI is InChI=1S/C14H23N3O2S/c1-3-16-6-4-12(5-7-16)9-17-11(2)8-15-14(17)20-10-13(18)19/h8,12H,3-7,9-10H2,1-2H3,(H,18,19). The molecule has 5 nitrogen and oxygen atoms in total. The number of aryl methyl sites for hydroxylation is 1. The van der Waals surface area contributed by atoms with Crippen molar-refractivity contribution in [3.8, 4) is 0 Å². The summed E-state index contributed by atoms with van der Waals surface area (Å²) in [5.41, 5.74) is 1.12. The fourth-order valence-electron chi connectivity index (χ4n) is 2.65. The van der Waals surface area contributed by atoms with E-state index in [1.807, 2.05) is 13.1 Å². The Morgan fingerprint density at radius 2 is 2.20 bits per heavy atom. The van der Waals surface area contributed by atoms with Crippen LogP contribution in [0, 0.1) is 12.8 Å². The van der Waals surface area contributed by atoms with Gasteiger partial charge in [0.1, 0.15) is 0 Å². The van der Waals surface area contributed by atoms with Crippen LogP contribution in [0.1, 0.15) is 25.5 Å². The number of carboxylic acids is 1. The van der Waals surface area contributed by atoms with Crippen molar-refractivity contribution in [2.45, 2.75) is 38.4 Å². The minimum Gasteiger partial charge on any atom is -0.481 e. The Kier molecular flexibility index (Phi) is 5.48. The van der Waals surface area contributed by atoms with Gasteiger partial charge in [-0.15, -0.1) is 0 Å². The molecule has 1 saturated heterocycles. The molecular formula is C14H23N3O2S. The highest BCUT2D eigenvalue weighted by Crippen LogP contribution is 2.24. The highest BCUT2D eigenvalue weighted by molar-refractivity contribution is 7.99. The minimum atomic E-state index is -0.793. The molecule has 1 aromatic rings. The molecular weight excluding hydrogens is 274 g/mol. The monoisotopic (exact) mass is 297 g/mol. The topological polar surface area (TPSA) is 58.4 Å². The van der Waals surface area contributed by atoms with Gasteiger partial charge in [-0.3, -0.25) is 4.79 Å². The summed E-state index contributed by atoms with van der Waals surface area (Å²) in [6, 6.07) is 0. The quantitative estimate of drug-likeness (QED) is 0.815. The van der Waals surface area contributed by atoms with E-state index in [1.54, 1.807) is 0 Å². The number of piperidine rings is 1. The van der Waals surface area contributed by atoms with Gasteiger partial charge in [0.2, 0.25) is 0 Å². The molecule has 112 valence electrons. The van der Waals surface area contributed by atoms with E-state index < -0.39 is 5.97 Å². The van der Waals surface area contributed by atoms with Crippen molar-refractivity contribution >= 4 is 17.7 Å². The highest BCUT2D eigenvalue weighted by atomic mass is 32.2. The molecule has 2 heterocycles. The number of carbonyl (C=O) groups is 1. The van der Waals surface area contributed by atoms with Gasteiger partial charge in [0.25, 0.3) is 0 Å². The van der Waals surface area contributed by atoms with Crippen molar-refractivity contribution in [1.29, 1.82) is 0 Å². The Morgan fingerprint density at radius 3 is 2.80 bits per heavy atom. The van der Waals surface area contributed by atoms with Crippen molar-refractivity contribution in [3.63, 3.8) is 0 Å². The summed E-state index contributed by atoms with van der Waals surface area (Å²) >= 11 is 1.31. The van der Waals surface area contributed by atoms with Gasteiger partial charge in [0.05, 0.1) is 5.75 Å². The maximum atomic E-state index is 10.7. The fraction of sp³-hybridized carbons (Fsp3) is 0.714. The zero-order valence-corrected chi connectivity index (χ0v) is 13.0. The molecule has 1 aliphatic heterocycles. The Hall–Kier alpha value is -1.01. The number of imidazole rings is 1. The lowest BCUT2D eigenvalue weighted by atomic mass is 9.97. The first-order valence-corrected chi connectivity index (χ1v) is 8.17. The van der Waals surface area contributed by atoms with Gasteiger partial charge in [-0.1, -0.05) is 18.7 Å². The average Bonchev–Trinajstić information content (AvgIpc) is 2.78. The molecule has 1 fully saturated rings. The van der Waals surface area contributed by atoms with E-state index in [2.05, 4.69) is 21.4 Å². The van der Waals surface area contributed by atoms with E-state index in [-0.39, 0.29) is 5.75 Å². The summed E-state index contributed by atoms with van der Waals surface area (Å²) < 4.78 is 2.18. The van der Waals surface area contributed by atoms with Gasteiger partial charge >= 0.3 is 5.97 Å². The smallest absolute Gasteiger partial charge is 0.313 e. The SMILES string of the molecule is CCN1CCC(Cn2c(C)cnc2SCC(=O)O)CC1. The van der Waals surface area contributed by atoms with E-state index in [4.69, 9.17) is 5.11 Å². The summed E-state index contributed by atoms with van der Waals surface area (Å²) in [7, 11) is 0. The first-order chi connectivity index (χ1) is 9.60. The largest absolute Gasteiger partial charge is 0.481 e. The van der Waals surface area contributed by atoms with Crippen LogP contribution in [0.4, 0.5) is 0 Å². The van der Waals surface area contributed by atoms with Crippen LogP contribution in [-0.4, -0.2) is 50.9 Å². The van der Waals surface area contributed by atoms with Gasteiger partial charge in [-0.05, 0) is 45.3 Å². The van der Waals surface area contributed by atoms with Crippen LogP contribution in [0.3, 0.4) is 0 Å². The molecule has 20 heavy (non-hydrogen) atoms. The molecule has 0 bridgehead atoms. The lowest BCUT2D eigenvalue weighted by Crippen LogP contribution is -2.34. The first-order valence-electron chi connectivity index (χ1n) is 7.19. The first kappa shape index (κ1) is 15.4. The molecule has 2 rings (SSSR count). The molecule has 1 N–H and O–H groups in total. The number of aliphatic carboxylic acids is 1. The Labute approximate surface area is 124 Å². The van der Waals surface area contributed by atoms with E-state index in [1.165, 1.54) is 37.7 Å². The van der Waals surface area contributed by atoms with E-state index in [9.17, 15) is 4.79 Å². The molecule has 6 heteroatoms. The molecule has 0 spiro atoms. The molecule has 0 radical (unpaired) electrons. The van der Waals surface area contributed by atoms with Crippen molar-refractivity contribution < 1.29 is 9.90 Å². The third kappa shape index (κ3) is 3.99. The number of hydrogen-bond donors (Lipinski definition) is 1. The lowest BCUT2D eigenvalue weighted by molar-refractivity contribution is -0.133. The molecule has 0 saturated carbocycles. The van der Waals surface area contributed by atoms with Crippen LogP contribution in [0.5, 0.6) is 0 Å². The van der Waals surface area contributed by atoms with Crippen molar-refractivity contribution in [2.75, 3.05) is 25.4 Å². The van der Waals surface area contributed by atoms with Crippen LogP contribution in [0.2, 0.25) is 0 Å². The van der Waals surface area contributed by atoms with Gasteiger partial charge in [0.15, 0.2) is 5.16 Å². The minimum absolute atomic E-state index is 0.0741. The van der Waals surface area contributed by atoms with Crippen LogP contribution < -0.4 is 0 Å². The highest BCUT2D eigenvalue weighted by Gasteiger charge is 2.20. The second kappa shape index (κ2) is 7.13. The Morgan fingerprint density at radius 1 is 1.50 bits per heavy atom. The lowest BCUT2D eigenvalue weighted by Gasteiger charge is -2.31. The Bertz CT molecular complexity index is 453. The summed E-state index contributed by atoms with van der Waals surface area (Å²) in [6.45, 7) is 8.70. The molecule has 0 atom stereocenters. The van der Waals surface area contributed by atoms with E-state index >= 15 is 0 Å². The Balaban J connectivity index is 1.95. The summed E-state index contributed by atoms with van der Waals surface area (Å²) in [5.74, 6) is -0.0431. The number of hydrogen-bond acceptors (Lipinski definition) is 4. The maximum absolute atomic E-state index is 10.7. The van der Waals surface area contributed by atoms with Crippen LogP contribution >= 0.6 is 11.8 Å². The molecule has 0 aliphatic carbocycles. The van der Waals surface area contributed by atoms with Crippen molar-refractivity contribution in [2.24, 2.45) is 5.92 Å². The third-order valence-corrected chi connectivity index (χ3v) is 4.91. The number of rotatable bonds is 6. The summed E-state index contributed by atoms with van der Waals surface area (Å²) in [5, 5.41) is 9.62. The average molecular weight is 297 g/mol. The fourth-order valence-corrected chi connectivity index (χ4v) is 3.40. The predicted molar refractivity (Wildman–Crippen MR) is 80.2 cm³/mol. The van der Waals surface area contributed by atoms with Gasteiger partial charge in [-0.25, -0.2) is 4.98 Å². The van der Waals surface area contributed by atoms with Crippen molar-refractivity contribution in [1.82, 2.24) is 14.5 Å². The number of carboxylic acid groups (broad SMARTS) is 1.